The molecule has 8 nitrogen and oxygen atoms in total. The van der Waals surface area contributed by atoms with E-state index in [0.717, 1.165) is 0 Å². The highest BCUT2D eigenvalue weighted by molar-refractivity contribution is 8.15. The maximum atomic E-state index is 15.0. The van der Waals surface area contributed by atoms with E-state index in [1.54, 1.807) is 13.2 Å². The monoisotopic (exact) mass is 471 g/mol. The average molecular weight is 472 g/mol. The molecule has 2 aromatic rings. The molecule has 3 N–H and O–H groups in total. The van der Waals surface area contributed by atoms with Crippen LogP contribution >= 0.6 is 11.8 Å². The van der Waals surface area contributed by atoms with Gasteiger partial charge in [0.05, 0.1) is 24.5 Å². The number of carbonyl (C=O) groups excluding carboxylic acids is 1. The van der Waals surface area contributed by atoms with Gasteiger partial charge in [-0.25, -0.2) is 14.4 Å². The van der Waals surface area contributed by atoms with Gasteiger partial charge in [-0.3, -0.25) is 9.79 Å². The van der Waals surface area contributed by atoms with E-state index in [4.69, 9.17) is 21.6 Å². The highest BCUT2D eigenvalue weighted by Gasteiger charge is 2.50. The molecule has 0 saturated heterocycles. The summed E-state index contributed by atoms with van der Waals surface area (Å²) in [5.74, 6) is 1.44. The predicted molar refractivity (Wildman–Crippen MR) is 127 cm³/mol. The van der Waals surface area contributed by atoms with Gasteiger partial charge < -0.3 is 20.5 Å². The molecule has 33 heavy (non-hydrogen) atoms. The van der Waals surface area contributed by atoms with E-state index in [1.807, 2.05) is 20.8 Å². The molecule has 0 aliphatic carbocycles. The Morgan fingerprint density at radius 2 is 2.12 bits per heavy atom. The van der Waals surface area contributed by atoms with Crippen LogP contribution in [0.3, 0.4) is 0 Å². The van der Waals surface area contributed by atoms with Crippen LogP contribution in [0, 0.1) is 24.1 Å². The van der Waals surface area contributed by atoms with E-state index < -0.39 is 22.0 Å². The Bertz CT molecular complexity index is 1100. The van der Waals surface area contributed by atoms with E-state index in [9.17, 15) is 4.79 Å². The van der Waals surface area contributed by atoms with Crippen LogP contribution in [0.2, 0.25) is 0 Å². The summed E-state index contributed by atoms with van der Waals surface area (Å²) in [7, 11) is 1.62. The molecular weight excluding hydrogens is 445 g/mol. The number of amides is 1. The number of hydrogen-bond donors (Lipinski definition) is 2. The first-order valence-electron chi connectivity index (χ1n) is 10.2. The third-order valence-corrected chi connectivity index (χ3v) is 7.04. The number of ether oxygens (including phenoxy) is 2. The van der Waals surface area contributed by atoms with E-state index in [-0.39, 0.29) is 24.1 Å². The molecule has 0 fully saturated rings. The minimum atomic E-state index is -0.969. The fraction of sp³-hybridized carbons (Fsp3) is 0.391. The van der Waals surface area contributed by atoms with Crippen molar-refractivity contribution in [3.05, 3.63) is 47.7 Å². The molecule has 1 aromatic heterocycles. The van der Waals surface area contributed by atoms with Gasteiger partial charge >= 0.3 is 0 Å². The number of methoxy groups -OCH3 is 1. The maximum absolute atomic E-state index is 15.0. The summed E-state index contributed by atoms with van der Waals surface area (Å²) >= 11 is 1.42. The van der Waals surface area contributed by atoms with Gasteiger partial charge in [-0.05, 0) is 32.0 Å². The summed E-state index contributed by atoms with van der Waals surface area (Å²) in [6.07, 6.45) is 7.71. The minimum absolute atomic E-state index is 0.0463. The van der Waals surface area contributed by atoms with Crippen LogP contribution in [0.15, 0.2) is 35.6 Å². The molecule has 1 aliphatic heterocycles. The fourth-order valence-corrected chi connectivity index (χ4v) is 5.11. The van der Waals surface area contributed by atoms with Crippen LogP contribution < -0.4 is 15.8 Å². The van der Waals surface area contributed by atoms with Crippen molar-refractivity contribution in [3.63, 3.8) is 0 Å². The number of nitrogens with zero attached hydrogens (tertiary/aromatic N) is 3. The lowest BCUT2D eigenvalue weighted by Gasteiger charge is -2.47. The van der Waals surface area contributed by atoms with Crippen molar-refractivity contribution in [3.8, 4) is 18.2 Å². The van der Waals surface area contributed by atoms with Gasteiger partial charge in [0.1, 0.15) is 11.5 Å². The molecule has 10 heteroatoms. The van der Waals surface area contributed by atoms with Crippen molar-refractivity contribution in [1.29, 1.82) is 0 Å². The summed E-state index contributed by atoms with van der Waals surface area (Å²) in [6.45, 7) is 6.31. The number of hydrogen-bond acceptors (Lipinski definition) is 8. The molecule has 0 radical (unpaired) electrons. The number of terminal acetylenes is 1. The van der Waals surface area contributed by atoms with E-state index in [0.29, 0.717) is 23.0 Å². The van der Waals surface area contributed by atoms with Gasteiger partial charge in [0, 0.05) is 29.0 Å². The zero-order chi connectivity index (χ0) is 24.2. The first kappa shape index (κ1) is 24.5. The smallest absolute Gasteiger partial charge is 0.275 e. The van der Waals surface area contributed by atoms with Gasteiger partial charge in [0.15, 0.2) is 11.8 Å². The maximum Gasteiger partial charge on any atom is 0.275 e. The normalized spacial score (nSPS) is 24.5. The number of rotatable bonds is 7. The molecule has 1 aliphatic rings. The van der Waals surface area contributed by atoms with Crippen molar-refractivity contribution in [1.82, 2.24) is 9.97 Å². The Hall–Kier alpha value is -3.16. The summed E-state index contributed by atoms with van der Waals surface area (Å²) < 4.78 is 25.2. The molecule has 0 spiro atoms. The summed E-state index contributed by atoms with van der Waals surface area (Å²) in [6, 6.07) is 4.34. The second kappa shape index (κ2) is 9.77. The number of nitrogens with two attached hydrogens (primary N) is 1. The number of thioether (sulfide) groups is 1. The topological polar surface area (TPSA) is 112 Å². The highest BCUT2D eigenvalue weighted by Crippen LogP contribution is 2.50. The largest absolute Gasteiger partial charge is 0.463 e. The second-order valence-electron chi connectivity index (χ2n) is 8.05. The fourth-order valence-electron chi connectivity index (χ4n) is 3.81. The zero-order valence-electron chi connectivity index (χ0n) is 18.9. The number of benzene rings is 1. The number of halogens is 1. The van der Waals surface area contributed by atoms with Gasteiger partial charge in [-0.15, -0.1) is 6.42 Å². The first-order valence-corrected chi connectivity index (χ1v) is 11.0. The minimum Gasteiger partial charge on any atom is -0.463 e. The first-order chi connectivity index (χ1) is 15.6. The van der Waals surface area contributed by atoms with Crippen LogP contribution in [-0.4, -0.2) is 46.1 Å². The Kier molecular flexibility index (Phi) is 7.25. The van der Waals surface area contributed by atoms with Crippen LogP contribution in [0.25, 0.3) is 0 Å². The van der Waals surface area contributed by atoms with Crippen LogP contribution in [0.4, 0.5) is 10.1 Å². The number of aromatic nitrogens is 2. The number of aliphatic imine (C=N–C) groups is 1. The van der Waals surface area contributed by atoms with E-state index in [2.05, 4.69) is 26.2 Å². The molecule has 2 heterocycles. The van der Waals surface area contributed by atoms with Crippen molar-refractivity contribution >= 4 is 28.5 Å². The molecule has 174 valence electrons. The molecule has 3 rings (SSSR count). The lowest BCUT2D eigenvalue weighted by atomic mass is 9.74. The van der Waals surface area contributed by atoms with Crippen LogP contribution in [0.5, 0.6) is 5.88 Å². The average Bonchev–Trinajstić information content (AvgIpc) is 2.77. The third-order valence-electron chi connectivity index (χ3n) is 5.80. The van der Waals surface area contributed by atoms with Crippen molar-refractivity contribution in [2.45, 2.75) is 31.1 Å². The quantitative estimate of drug-likeness (QED) is 0.597. The van der Waals surface area contributed by atoms with E-state index >= 15 is 4.39 Å². The predicted octanol–water partition coefficient (Wildman–Crippen LogP) is 3.20. The van der Waals surface area contributed by atoms with Crippen LogP contribution in [-0.2, 0) is 10.3 Å². The van der Waals surface area contributed by atoms with Gasteiger partial charge in [-0.2, -0.15) is 0 Å². The highest BCUT2D eigenvalue weighted by atomic mass is 32.2. The lowest BCUT2D eigenvalue weighted by Crippen LogP contribution is -2.50. The number of amidine groups is 1. The summed E-state index contributed by atoms with van der Waals surface area (Å²) in [4.78, 5) is 25.3. The van der Waals surface area contributed by atoms with Crippen molar-refractivity contribution in [2.75, 3.05) is 25.6 Å². The summed E-state index contributed by atoms with van der Waals surface area (Å²) in [5, 5.41) is 3.08. The molecule has 1 amide bonds. The lowest BCUT2D eigenvalue weighted by molar-refractivity contribution is 0.102. The molecule has 0 bridgehead atoms. The SMILES string of the molecule is C#CCOc1cnc(C(=O)Nc2ccc(F)c([C@@]3(C)N=C(N)S[C@](C)(COC)[C@H]3C)c2)cn1. The van der Waals surface area contributed by atoms with Gasteiger partial charge in [0.2, 0.25) is 5.88 Å². The van der Waals surface area contributed by atoms with Gasteiger partial charge in [0.25, 0.3) is 5.91 Å². The number of anilines is 1. The molecule has 0 saturated carbocycles. The Morgan fingerprint density at radius 1 is 1.36 bits per heavy atom. The second-order valence-corrected chi connectivity index (χ2v) is 9.60. The standard InChI is InChI=1S/C23H26FN5O3S/c1-6-9-32-19-12-26-18(11-27-19)20(30)28-15-7-8-17(24)16(10-15)23(4)14(2)22(3,13-31-5)33-21(25)29-23/h1,7-8,10-12,14H,9,13H2,2-5H3,(H2,25,29)(H,28,30)/t14-,22-,23+/m1/s1. The molecule has 3 atom stereocenters. The number of nitrogens with one attached hydrogen (secondary N) is 1. The van der Waals surface area contributed by atoms with Crippen molar-refractivity contribution < 1.29 is 18.7 Å². The van der Waals surface area contributed by atoms with E-state index in [1.165, 1.54) is 36.3 Å². The van der Waals surface area contributed by atoms with Crippen molar-refractivity contribution in [2.24, 2.45) is 16.6 Å². The Balaban J connectivity index is 1.88. The van der Waals surface area contributed by atoms with Gasteiger partial charge in [-0.1, -0.05) is 24.6 Å². The Morgan fingerprint density at radius 3 is 2.76 bits per heavy atom. The third kappa shape index (κ3) is 5.10. The summed E-state index contributed by atoms with van der Waals surface area (Å²) in [5.41, 5.74) is 5.94. The molecule has 0 unspecified atom stereocenters. The van der Waals surface area contributed by atoms with Crippen LogP contribution in [0.1, 0.15) is 36.8 Å². The molecular formula is C23H26FN5O3S. The number of carbonyl (C=O) groups is 1. The zero-order valence-corrected chi connectivity index (χ0v) is 19.7. The Labute approximate surface area is 196 Å². The molecule has 1 aromatic carbocycles.